The van der Waals surface area contributed by atoms with Crippen LogP contribution in [0.3, 0.4) is 0 Å². The SMILES string of the molecule is COC1(c2ccccc2O)C=CC(S(=O)(=O)[O-])C=C1C(C)(C)C. The summed E-state index contributed by atoms with van der Waals surface area (Å²) in [5.41, 5.74) is -0.487. The van der Waals surface area contributed by atoms with E-state index in [1.54, 1.807) is 30.3 Å². The van der Waals surface area contributed by atoms with Crippen molar-refractivity contribution in [1.29, 1.82) is 0 Å². The van der Waals surface area contributed by atoms with Crippen molar-refractivity contribution >= 4 is 10.1 Å². The monoisotopic (exact) mass is 337 g/mol. The molecule has 23 heavy (non-hydrogen) atoms. The molecule has 126 valence electrons. The molecule has 0 aliphatic heterocycles. The highest BCUT2D eigenvalue weighted by atomic mass is 32.2. The number of phenolic OH excluding ortho intramolecular Hbond substituents is 1. The van der Waals surface area contributed by atoms with Crippen LogP contribution in [0.15, 0.2) is 48.1 Å². The topological polar surface area (TPSA) is 86.7 Å². The van der Waals surface area contributed by atoms with E-state index in [1.165, 1.54) is 19.3 Å². The van der Waals surface area contributed by atoms with Gasteiger partial charge in [0.2, 0.25) is 0 Å². The Bertz CT molecular complexity index is 755. The van der Waals surface area contributed by atoms with Crippen molar-refractivity contribution in [2.45, 2.75) is 31.6 Å². The highest BCUT2D eigenvalue weighted by Gasteiger charge is 2.43. The van der Waals surface area contributed by atoms with Gasteiger partial charge in [-0.15, -0.1) is 0 Å². The van der Waals surface area contributed by atoms with Crippen LogP contribution in [0.5, 0.6) is 5.75 Å². The number of hydrogen-bond donors (Lipinski definition) is 1. The number of para-hydroxylation sites is 1. The van der Waals surface area contributed by atoms with Gasteiger partial charge in [0.25, 0.3) is 0 Å². The highest BCUT2D eigenvalue weighted by Crippen LogP contribution is 2.48. The normalized spacial score (nSPS) is 25.3. The maximum absolute atomic E-state index is 11.4. The summed E-state index contributed by atoms with van der Waals surface area (Å²) in [6.45, 7) is 5.71. The van der Waals surface area contributed by atoms with Crippen molar-refractivity contribution in [3.63, 3.8) is 0 Å². The molecule has 0 heterocycles. The van der Waals surface area contributed by atoms with Crippen LogP contribution in [0.25, 0.3) is 0 Å². The molecular weight excluding hydrogens is 316 g/mol. The van der Waals surface area contributed by atoms with Gasteiger partial charge < -0.3 is 14.4 Å². The Hall–Kier alpha value is -1.63. The predicted molar refractivity (Wildman–Crippen MR) is 87.0 cm³/mol. The zero-order valence-corrected chi connectivity index (χ0v) is 14.4. The van der Waals surface area contributed by atoms with Gasteiger partial charge in [-0.05, 0) is 23.1 Å². The number of benzene rings is 1. The summed E-state index contributed by atoms with van der Waals surface area (Å²) in [7, 11) is -3.01. The molecule has 0 saturated carbocycles. The van der Waals surface area contributed by atoms with Crippen LogP contribution < -0.4 is 0 Å². The van der Waals surface area contributed by atoms with E-state index in [9.17, 15) is 18.1 Å². The molecule has 1 aromatic carbocycles. The fraction of sp³-hybridized carbons (Fsp3) is 0.412. The van der Waals surface area contributed by atoms with Gasteiger partial charge in [0, 0.05) is 12.7 Å². The molecule has 5 nitrogen and oxygen atoms in total. The van der Waals surface area contributed by atoms with Crippen LogP contribution in [0, 0.1) is 5.41 Å². The van der Waals surface area contributed by atoms with Crippen LogP contribution in [0.1, 0.15) is 26.3 Å². The van der Waals surface area contributed by atoms with Gasteiger partial charge in [0.05, 0.1) is 5.25 Å². The minimum absolute atomic E-state index is 0.0394. The van der Waals surface area contributed by atoms with Crippen LogP contribution in [-0.2, 0) is 20.5 Å². The summed E-state index contributed by atoms with van der Waals surface area (Å²) in [6, 6.07) is 6.72. The van der Waals surface area contributed by atoms with Gasteiger partial charge in [0.1, 0.15) is 21.5 Å². The number of ether oxygens (including phenoxy) is 1. The Morgan fingerprint density at radius 2 is 1.87 bits per heavy atom. The van der Waals surface area contributed by atoms with Crippen LogP contribution in [-0.4, -0.2) is 30.4 Å². The summed E-state index contributed by atoms with van der Waals surface area (Å²) in [5, 5.41) is 9.00. The molecule has 0 aromatic heterocycles. The second-order valence-corrected chi connectivity index (χ2v) is 8.13. The molecule has 1 aliphatic carbocycles. The Morgan fingerprint density at radius 1 is 1.26 bits per heavy atom. The van der Waals surface area contributed by atoms with Crippen LogP contribution in [0.4, 0.5) is 0 Å². The third-order valence-electron chi connectivity index (χ3n) is 4.02. The zero-order valence-electron chi connectivity index (χ0n) is 13.6. The fourth-order valence-electron chi connectivity index (χ4n) is 2.96. The molecule has 1 aromatic rings. The summed E-state index contributed by atoms with van der Waals surface area (Å²) in [5.74, 6) is 0.0394. The van der Waals surface area contributed by atoms with Gasteiger partial charge in [-0.1, -0.05) is 51.1 Å². The van der Waals surface area contributed by atoms with E-state index in [-0.39, 0.29) is 5.75 Å². The summed E-state index contributed by atoms with van der Waals surface area (Å²) in [4.78, 5) is 0. The highest BCUT2D eigenvalue weighted by molar-refractivity contribution is 7.86. The van der Waals surface area contributed by atoms with Crippen LogP contribution >= 0.6 is 0 Å². The molecule has 2 atom stereocenters. The first-order valence-corrected chi connectivity index (χ1v) is 8.70. The number of hydrogen-bond acceptors (Lipinski definition) is 5. The minimum Gasteiger partial charge on any atom is -0.747 e. The molecule has 6 heteroatoms. The smallest absolute Gasteiger partial charge is 0.136 e. The first kappa shape index (κ1) is 17.7. The van der Waals surface area contributed by atoms with Crippen molar-refractivity contribution in [2.24, 2.45) is 5.41 Å². The van der Waals surface area contributed by atoms with E-state index < -0.39 is 26.4 Å². The quantitative estimate of drug-likeness (QED) is 0.677. The Morgan fingerprint density at radius 3 is 2.35 bits per heavy atom. The first-order valence-electron chi connectivity index (χ1n) is 7.23. The lowest BCUT2D eigenvalue weighted by Crippen LogP contribution is -2.39. The average Bonchev–Trinajstić information content (AvgIpc) is 2.45. The Kier molecular flexibility index (Phi) is 4.45. The first-order chi connectivity index (χ1) is 10.5. The molecule has 0 spiro atoms. The summed E-state index contributed by atoms with van der Waals surface area (Å²) < 4.78 is 40.0. The zero-order chi connectivity index (χ0) is 17.5. The maximum Gasteiger partial charge on any atom is 0.136 e. The van der Waals surface area contributed by atoms with Crippen molar-refractivity contribution in [1.82, 2.24) is 0 Å². The third kappa shape index (κ3) is 3.20. The Balaban J connectivity index is 2.74. The number of aromatic hydroxyl groups is 1. The summed E-state index contributed by atoms with van der Waals surface area (Å²) >= 11 is 0. The maximum atomic E-state index is 11.4. The average molecular weight is 337 g/mol. The standard InChI is InChI=1S/C17H22O5S/c1-16(2,3)15-11-12(23(19,20)21)9-10-17(15,22-4)13-7-5-6-8-14(13)18/h5-12,18H,1-4H3,(H,19,20,21)/p-1. The molecule has 2 rings (SSSR count). The van der Waals surface area contributed by atoms with Crippen LogP contribution in [0.2, 0.25) is 0 Å². The molecule has 1 aliphatic rings. The molecular formula is C17H21O5S-. The molecule has 0 fully saturated rings. The van der Waals surface area contributed by atoms with Crippen molar-refractivity contribution in [3.8, 4) is 5.75 Å². The number of methoxy groups -OCH3 is 1. The Labute approximate surface area is 137 Å². The minimum atomic E-state index is -4.50. The van der Waals surface area contributed by atoms with Gasteiger partial charge in [-0.2, -0.15) is 0 Å². The molecule has 0 bridgehead atoms. The molecule has 0 saturated heterocycles. The largest absolute Gasteiger partial charge is 0.747 e. The lowest BCUT2D eigenvalue weighted by Gasteiger charge is -2.42. The molecule has 0 radical (unpaired) electrons. The van der Waals surface area contributed by atoms with Gasteiger partial charge >= 0.3 is 0 Å². The molecule has 1 N–H and O–H groups in total. The van der Waals surface area contributed by atoms with E-state index in [1.807, 2.05) is 20.8 Å². The van der Waals surface area contributed by atoms with E-state index >= 15 is 0 Å². The van der Waals surface area contributed by atoms with Gasteiger partial charge in [-0.3, -0.25) is 0 Å². The van der Waals surface area contributed by atoms with E-state index in [4.69, 9.17) is 4.74 Å². The number of rotatable bonds is 3. The number of phenols is 1. The second kappa shape index (κ2) is 5.78. The van der Waals surface area contributed by atoms with Crippen molar-refractivity contribution in [3.05, 3.63) is 53.6 Å². The van der Waals surface area contributed by atoms with Crippen molar-refractivity contribution in [2.75, 3.05) is 7.11 Å². The van der Waals surface area contributed by atoms with Crippen molar-refractivity contribution < 1.29 is 22.8 Å². The van der Waals surface area contributed by atoms with Gasteiger partial charge in [0.15, 0.2) is 0 Å². The van der Waals surface area contributed by atoms with E-state index in [0.717, 1.165) is 0 Å². The predicted octanol–water partition coefficient (Wildman–Crippen LogP) is 2.69. The third-order valence-corrected chi connectivity index (χ3v) is 4.98. The summed E-state index contributed by atoms with van der Waals surface area (Å²) in [6.07, 6.45) is 4.29. The van der Waals surface area contributed by atoms with E-state index in [2.05, 4.69) is 0 Å². The lowest BCUT2D eigenvalue weighted by atomic mass is 9.70. The second-order valence-electron chi connectivity index (χ2n) is 6.60. The van der Waals surface area contributed by atoms with Gasteiger partial charge in [-0.25, -0.2) is 8.42 Å². The molecule has 2 unspecified atom stereocenters. The van der Waals surface area contributed by atoms with E-state index in [0.29, 0.717) is 11.1 Å². The fourth-order valence-corrected chi connectivity index (χ4v) is 3.53. The lowest BCUT2D eigenvalue weighted by molar-refractivity contribution is 0.0424. The molecule has 0 amide bonds.